The highest BCUT2D eigenvalue weighted by Crippen LogP contribution is 1.98. The van der Waals surface area contributed by atoms with Gasteiger partial charge in [-0.2, -0.15) is 0 Å². The largest absolute Gasteiger partial charge is 0.465 e. The Hall–Kier alpha value is -1.42. The smallest absolute Gasteiger partial charge is 0.323 e. The molecule has 0 bridgehead atoms. The molecule has 0 aliphatic heterocycles. The Morgan fingerprint density at radius 2 is 2.35 bits per heavy atom. The third-order valence-electron chi connectivity index (χ3n) is 2.51. The van der Waals surface area contributed by atoms with Gasteiger partial charge < -0.3 is 10.1 Å². The molecule has 1 aromatic rings. The van der Waals surface area contributed by atoms with Crippen LogP contribution in [0.15, 0.2) is 24.5 Å². The predicted octanol–water partition coefficient (Wildman–Crippen LogP) is 1.56. The second-order valence-electron chi connectivity index (χ2n) is 3.78. The predicted molar refractivity (Wildman–Crippen MR) is 66.7 cm³/mol. The van der Waals surface area contributed by atoms with E-state index in [-0.39, 0.29) is 12.0 Å². The maximum Gasteiger partial charge on any atom is 0.323 e. The molecule has 0 aliphatic carbocycles. The van der Waals surface area contributed by atoms with Crippen LogP contribution in [0.2, 0.25) is 0 Å². The second kappa shape index (κ2) is 7.79. The van der Waals surface area contributed by atoms with Crippen molar-refractivity contribution in [3.05, 3.63) is 30.1 Å². The van der Waals surface area contributed by atoms with Gasteiger partial charge in [-0.1, -0.05) is 13.0 Å². The monoisotopic (exact) mass is 236 g/mol. The van der Waals surface area contributed by atoms with Crippen molar-refractivity contribution >= 4 is 5.97 Å². The first-order valence-corrected chi connectivity index (χ1v) is 6.06. The van der Waals surface area contributed by atoms with Crippen LogP contribution in [0.5, 0.6) is 0 Å². The van der Waals surface area contributed by atoms with Crippen LogP contribution >= 0.6 is 0 Å². The van der Waals surface area contributed by atoms with E-state index in [0.717, 1.165) is 19.4 Å². The lowest BCUT2D eigenvalue weighted by molar-refractivity contribution is -0.145. The molecule has 0 saturated heterocycles. The van der Waals surface area contributed by atoms with E-state index in [0.29, 0.717) is 6.61 Å². The Morgan fingerprint density at radius 3 is 2.94 bits per heavy atom. The van der Waals surface area contributed by atoms with Crippen LogP contribution in [0.25, 0.3) is 0 Å². The molecule has 1 rings (SSSR count). The number of carbonyl (C=O) groups is 1. The standard InChI is InChI=1S/C13H20N2O2/c1-3-12(13(16)17-4-2)15-9-7-11-6-5-8-14-10-11/h5-6,8,10,12,15H,3-4,7,9H2,1-2H3. The van der Waals surface area contributed by atoms with Gasteiger partial charge in [-0.3, -0.25) is 9.78 Å². The van der Waals surface area contributed by atoms with Gasteiger partial charge in [-0.05, 0) is 31.4 Å². The fourth-order valence-corrected chi connectivity index (χ4v) is 1.57. The minimum absolute atomic E-state index is 0.166. The van der Waals surface area contributed by atoms with Crippen molar-refractivity contribution in [1.29, 1.82) is 0 Å². The Bertz CT molecular complexity index is 327. The number of nitrogens with one attached hydrogen (secondary N) is 1. The van der Waals surface area contributed by atoms with Crippen molar-refractivity contribution < 1.29 is 9.53 Å². The molecule has 0 fully saturated rings. The van der Waals surface area contributed by atoms with Crippen LogP contribution in [0.1, 0.15) is 25.8 Å². The number of aromatic nitrogens is 1. The lowest BCUT2D eigenvalue weighted by Crippen LogP contribution is -2.38. The number of esters is 1. The van der Waals surface area contributed by atoms with Gasteiger partial charge in [0.05, 0.1) is 6.61 Å². The van der Waals surface area contributed by atoms with Gasteiger partial charge >= 0.3 is 5.97 Å². The van der Waals surface area contributed by atoms with Crippen molar-refractivity contribution in [2.75, 3.05) is 13.2 Å². The highest BCUT2D eigenvalue weighted by Gasteiger charge is 2.15. The molecule has 0 amide bonds. The zero-order valence-corrected chi connectivity index (χ0v) is 10.5. The molecule has 0 aliphatic rings. The van der Waals surface area contributed by atoms with E-state index in [1.807, 2.05) is 32.2 Å². The molecular formula is C13H20N2O2. The van der Waals surface area contributed by atoms with Gasteiger partial charge in [0.25, 0.3) is 0 Å². The van der Waals surface area contributed by atoms with Crippen LogP contribution in [0, 0.1) is 0 Å². The number of hydrogen-bond acceptors (Lipinski definition) is 4. The normalized spacial score (nSPS) is 12.1. The SMILES string of the molecule is CCOC(=O)C(CC)NCCc1cccnc1. The van der Waals surface area contributed by atoms with Gasteiger partial charge in [-0.15, -0.1) is 0 Å². The van der Waals surface area contributed by atoms with E-state index in [2.05, 4.69) is 10.3 Å². The molecule has 4 heteroatoms. The average Bonchev–Trinajstić information content (AvgIpc) is 2.36. The fourth-order valence-electron chi connectivity index (χ4n) is 1.57. The van der Waals surface area contributed by atoms with E-state index in [9.17, 15) is 4.79 Å². The summed E-state index contributed by atoms with van der Waals surface area (Å²) in [7, 11) is 0. The maximum absolute atomic E-state index is 11.5. The summed E-state index contributed by atoms with van der Waals surface area (Å²) >= 11 is 0. The summed E-state index contributed by atoms with van der Waals surface area (Å²) in [6.07, 6.45) is 5.20. The Labute approximate surface area is 102 Å². The van der Waals surface area contributed by atoms with Crippen LogP contribution in [0.4, 0.5) is 0 Å². The first kappa shape index (κ1) is 13.6. The van der Waals surface area contributed by atoms with E-state index in [1.165, 1.54) is 5.56 Å². The fraction of sp³-hybridized carbons (Fsp3) is 0.538. The van der Waals surface area contributed by atoms with Crippen molar-refractivity contribution in [1.82, 2.24) is 10.3 Å². The molecule has 1 unspecified atom stereocenters. The van der Waals surface area contributed by atoms with Crippen molar-refractivity contribution in [3.63, 3.8) is 0 Å². The van der Waals surface area contributed by atoms with Crippen LogP contribution in [-0.2, 0) is 16.0 Å². The van der Waals surface area contributed by atoms with Crippen molar-refractivity contribution in [3.8, 4) is 0 Å². The summed E-state index contributed by atoms with van der Waals surface area (Å²) in [4.78, 5) is 15.6. The van der Waals surface area contributed by atoms with Crippen LogP contribution in [-0.4, -0.2) is 30.1 Å². The minimum Gasteiger partial charge on any atom is -0.465 e. The molecule has 1 atom stereocenters. The average molecular weight is 236 g/mol. The lowest BCUT2D eigenvalue weighted by atomic mass is 10.2. The van der Waals surface area contributed by atoms with E-state index >= 15 is 0 Å². The Morgan fingerprint density at radius 1 is 1.53 bits per heavy atom. The molecular weight excluding hydrogens is 216 g/mol. The van der Waals surface area contributed by atoms with E-state index < -0.39 is 0 Å². The van der Waals surface area contributed by atoms with Gasteiger partial charge in [0.2, 0.25) is 0 Å². The van der Waals surface area contributed by atoms with Crippen molar-refractivity contribution in [2.24, 2.45) is 0 Å². The highest BCUT2D eigenvalue weighted by molar-refractivity contribution is 5.75. The van der Waals surface area contributed by atoms with Crippen molar-refractivity contribution in [2.45, 2.75) is 32.7 Å². The molecule has 0 radical (unpaired) electrons. The van der Waals surface area contributed by atoms with Gasteiger partial charge in [0, 0.05) is 18.9 Å². The summed E-state index contributed by atoms with van der Waals surface area (Å²) in [6.45, 7) is 4.97. The quantitative estimate of drug-likeness (QED) is 0.730. The van der Waals surface area contributed by atoms with Crippen LogP contribution in [0.3, 0.4) is 0 Å². The van der Waals surface area contributed by atoms with Gasteiger partial charge in [-0.25, -0.2) is 0 Å². The number of hydrogen-bond donors (Lipinski definition) is 1. The number of ether oxygens (including phenoxy) is 1. The molecule has 1 aromatic heterocycles. The molecule has 1 N–H and O–H groups in total. The van der Waals surface area contributed by atoms with Crippen LogP contribution < -0.4 is 5.32 Å². The third-order valence-corrected chi connectivity index (χ3v) is 2.51. The summed E-state index contributed by atoms with van der Waals surface area (Å²) in [5, 5.41) is 3.20. The zero-order chi connectivity index (χ0) is 12.5. The van der Waals surface area contributed by atoms with Gasteiger partial charge in [0.1, 0.15) is 6.04 Å². The Kier molecular flexibility index (Phi) is 6.25. The minimum atomic E-state index is -0.202. The maximum atomic E-state index is 11.5. The molecule has 1 heterocycles. The summed E-state index contributed by atoms with van der Waals surface area (Å²) in [6, 6.07) is 3.74. The first-order valence-electron chi connectivity index (χ1n) is 6.06. The topological polar surface area (TPSA) is 51.2 Å². The molecule has 0 aromatic carbocycles. The Balaban J connectivity index is 2.31. The molecule has 4 nitrogen and oxygen atoms in total. The first-order chi connectivity index (χ1) is 8.27. The zero-order valence-electron chi connectivity index (χ0n) is 10.5. The number of carbonyl (C=O) groups excluding carboxylic acids is 1. The molecule has 17 heavy (non-hydrogen) atoms. The van der Waals surface area contributed by atoms with Gasteiger partial charge in [0.15, 0.2) is 0 Å². The molecule has 94 valence electrons. The summed E-state index contributed by atoms with van der Waals surface area (Å²) < 4.78 is 4.98. The number of nitrogens with zero attached hydrogens (tertiary/aromatic N) is 1. The number of rotatable bonds is 7. The number of pyridine rings is 1. The summed E-state index contributed by atoms with van der Waals surface area (Å²) in [5.74, 6) is -0.166. The van der Waals surface area contributed by atoms with E-state index in [1.54, 1.807) is 6.20 Å². The second-order valence-corrected chi connectivity index (χ2v) is 3.78. The molecule has 0 saturated carbocycles. The lowest BCUT2D eigenvalue weighted by Gasteiger charge is -2.15. The molecule has 0 spiro atoms. The third kappa shape index (κ3) is 4.95. The highest BCUT2D eigenvalue weighted by atomic mass is 16.5. The summed E-state index contributed by atoms with van der Waals surface area (Å²) in [5.41, 5.74) is 1.17. The van der Waals surface area contributed by atoms with E-state index in [4.69, 9.17) is 4.74 Å².